The minimum absolute atomic E-state index is 0.354. The van der Waals surface area contributed by atoms with Crippen molar-refractivity contribution in [2.75, 3.05) is 6.61 Å². The van der Waals surface area contributed by atoms with Gasteiger partial charge in [0.1, 0.15) is 5.75 Å². The third kappa shape index (κ3) is 2.53. The molecule has 1 aromatic rings. The van der Waals surface area contributed by atoms with Crippen LogP contribution >= 0.6 is 0 Å². The molecule has 82 valence electrons. The molecule has 0 fully saturated rings. The summed E-state index contributed by atoms with van der Waals surface area (Å²) in [5.74, 6) is 1.11. The summed E-state index contributed by atoms with van der Waals surface area (Å²) in [7, 11) is 0. The van der Waals surface area contributed by atoms with Gasteiger partial charge >= 0.3 is 0 Å². The van der Waals surface area contributed by atoms with E-state index in [9.17, 15) is 0 Å². The summed E-state index contributed by atoms with van der Waals surface area (Å²) < 4.78 is 5.68. The van der Waals surface area contributed by atoms with Gasteiger partial charge in [-0.15, -0.1) is 0 Å². The van der Waals surface area contributed by atoms with Gasteiger partial charge in [-0.1, -0.05) is 32.9 Å². The van der Waals surface area contributed by atoms with Gasteiger partial charge in [-0.25, -0.2) is 0 Å². The minimum Gasteiger partial charge on any atom is -0.493 e. The largest absolute Gasteiger partial charge is 0.493 e. The summed E-state index contributed by atoms with van der Waals surface area (Å²) in [6.07, 6.45) is 3.48. The fourth-order valence-corrected chi connectivity index (χ4v) is 2.20. The molecule has 15 heavy (non-hydrogen) atoms. The summed E-state index contributed by atoms with van der Waals surface area (Å²) in [4.78, 5) is 0. The molecule has 0 spiro atoms. The second-order valence-electron chi connectivity index (χ2n) is 5.58. The van der Waals surface area contributed by atoms with Crippen molar-refractivity contribution in [3.05, 3.63) is 29.3 Å². The Bertz CT molecular complexity index is 347. The molecule has 0 aliphatic carbocycles. The van der Waals surface area contributed by atoms with Gasteiger partial charge in [-0.05, 0) is 41.9 Å². The number of hydrogen-bond acceptors (Lipinski definition) is 1. The Morgan fingerprint density at radius 3 is 2.80 bits per heavy atom. The van der Waals surface area contributed by atoms with E-state index in [1.54, 1.807) is 0 Å². The van der Waals surface area contributed by atoms with E-state index in [2.05, 4.69) is 39.0 Å². The van der Waals surface area contributed by atoms with Crippen molar-refractivity contribution in [1.82, 2.24) is 0 Å². The maximum Gasteiger partial charge on any atom is 0.122 e. The molecule has 0 radical (unpaired) electrons. The molecule has 1 aromatic carbocycles. The van der Waals surface area contributed by atoms with E-state index in [1.165, 1.54) is 17.5 Å². The molecule has 1 heteroatoms. The molecule has 1 nitrogen and oxygen atoms in total. The van der Waals surface area contributed by atoms with Crippen molar-refractivity contribution in [3.63, 3.8) is 0 Å². The molecule has 0 bridgehead atoms. The average molecular weight is 204 g/mol. The van der Waals surface area contributed by atoms with Crippen molar-refractivity contribution in [3.8, 4) is 5.75 Å². The maximum absolute atomic E-state index is 5.68. The summed E-state index contributed by atoms with van der Waals surface area (Å²) in [5.41, 5.74) is 3.27. The third-order valence-corrected chi connectivity index (χ3v) is 2.78. The Morgan fingerprint density at radius 1 is 1.27 bits per heavy atom. The quantitative estimate of drug-likeness (QED) is 0.679. The first-order chi connectivity index (χ1) is 7.06. The predicted molar refractivity (Wildman–Crippen MR) is 63.4 cm³/mol. The van der Waals surface area contributed by atoms with Crippen LogP contribution in [0.2, 0.25) is 0 Å². The van der Waals surface area contributed by atoms with Crippen LogP contribution in [0.25, 0.3) is 0 Å². The van der Waals surface area contributed by atoms with E-state index in [4.69, 9.17) is 4.74 Å². The van der Waals surface area contributed by atoms with Crippen molar-refractivity contribution >= 4 is 0 Å². The lowest BCUT2D eigenvalue weighted by molar-refractivity contribution is 0.286. The lowest BCUT2D eigenvalue weighted by Crippen LogP contribution is -2.15. The zero-order valence-corrected chi connectivity index (χ0v) is 9.97. The topological polar surface area (TPSA) is 9.23 Å². The molecule has 1 heterocycles. The second kappa shape index (κ2) is 3.88. The lowest BCUT2D eigenvalue weighted by atomic mass is 9.85. The maximum atomic E-state index is 5.68. The van der Waals surface area contributed by atoms with Crippen LogP contribution in [0.1, 0.15) is 38.3 Å². The number of hydrogen-bond donors (Lipinski definition) is 0. The number of benzene rings is 1. The van der Waals surface area contributed by atoms with Crippen LogP contribution in [0.5, 0.6) is 5.75 Å². The van der Waals surface area contributed by atoms with Crippen molar-refractivity contribution < 1.29 is 4.74 Å². The normalized spacial score (nSPS) is 15.7. The standard InChI is InChI=1S/C14H20O/c1-14(2,3)10-11-6-4-8-13-12(11)7-5-9-15-13/h4,6,8H,5,7,9-10H2,1-3H3. The fourth-order valence-electron chi connectivity index (χ4n) is 2.20. The van der Waals surface area contributed by atoms with Gasteiger partial charge < -0.3 is 4.74 Å². The highest BCUT2D eigenvalue weighted by molar-refractivity contribution is 5.41. The van der Waals surface area contributed by atoms with Gasteiger partial charge in [0.2, 0.25) is 0 Å². The molecule has 2 rings (SSSR count). The van der Waals surface area contributed by atoms with Gasteiger partial charge in [-0.3, -0.25) is 0 Å². The Labute approximate surface area is 92.5 Å². The van der Waals surface area contributed by atoms with E-state index < -0.39 is 0 Å². The monoisotopic (exact) mass is 204 g/mol. The molecule has 0 amide bonds. The van der Waals surface area contributed by atoms with E-state index >= 15 is 0 Å². The zero-order valence-electron chi connectivity index (χ0n) is 9.97. The van der Waals surface area contributed by atoms with Crippen molar-refractivity contribution in [2.24, 2.45) is 5.41 Å². The molecule has 1 aliphatic rings. The summed E-state index contributed by atoms with van der Waals surface area (Å²) in [5, 5.41) is 0. The first kappa shape index (κ1) is 10.5. The van der Waals surface area contributed by atoms with Gasteiger partial charge in [0.05, 0.1) is 6.61 Å². The Hall–Kier alpha value is -0.980. The van der Waals surface area contributed by atoms with Crippen LogP contribution < -0.4 is 4.74 Å². The van der Waals surface area contributed by atoms with Crippen LogP contribution in [0.15, 0.2) is 18.2 Å². The molecular formula is C14H20O. The summed E-state index contributed by atoms with van der Waals surface area (Å²) in [6, 6.07) is 6.46. The first-order valence-corrected chi connectivity index (χ1v) is 5.80. The Kier molecular flexibility index (Phi) is 2.72. The molecule has 0 saturated carbocycles. The fraction of sp³-hybridized carbons (Fsp3) is 0.571. The van der Waals surface area contributed by atoms with Crippen molar-refractivity contribution in [2.45, 2.75) is 40.0 Å². The number of ether oxygens (including phenoxy) is 1. The van der Waals surface area contributed by atoms with Crippen LogP contribution in [0.3, 0.4) is 0 Å². The SMILES string of the molecule is CC(C)(C)Cc1cccc2c1CCCO2. The average Bonchev–Trinajstić information content (AvgIpc) is 2.16. The molecule has 0 aromatic heterocycles. The van der Waals surface area contributed by atoms with Crippen LogP contribution in [-0.4, -0.2) is 6.61 Å². The van der Waals surface area contributed by atoms with Crippen LogP contribution in [0, 0.1) is 5.41 Å². The van der Waals surface area contributed by atoms with E-state index in [1.807, 2.05) is 0 Å². The first-order valence-electron chi connectivity index (χ1n) is 5.80. The molecule has 0 N–H and O–H groups in total. The van der Waals surface area contributed by atoms with Gasteiger partial charge in [0, 0.05) is 0 Å². The molecule has 0 unspecified atom stereocenters. The lowest BCUT2D eigenvalue weighted by Gasteiger charge is -2.24. The highest BCUT2D eigenvalue weighted by Gasteiger charge is 2.18. The molecular weight excluding hydrogens is 184 g/mol. The van der Waals surface area contributed by atoms with E-state index in [-0.39, 0.29) is 0 Å². The number of fused-ring (bicyclic) bond motifs is 1. The number of rotatable bonds is 1. The Balaban J connectivity index is 2.31. The van der Waals surface area contributed by atoms with Gasteiger partial charge in [-0.2, -0.15) is 0 Å². The third-order valence-electron chi connectivity index (χ3n) is 2.78. The molecule has 0 atom stereocenters. The van der Waals surface area contributed by atoms with Gasteiger partial charge in [0.25, 0.3) is 0 Å². The van der Waals surface area contributed by atoms with Crippen molar-refractivity contribution in [1.29, 1.82) is 0 Å². The van der Waals surface area contributed by atoms with Gasteiger partial charge in [0.15, 0.2) is 0 Å². The van der Waals surface area contributed by atoms with Crippen LogP contribution in [0.4, 0.5) is 0 Å². The summed E-state index contributed by atoms with van der Waals surface area (Å²) in [6.45, 7) is 7.74. The van der Waals surface area contributed by atoms with E-state index in [0.29, 0.717) is 5.41 Å². The highest BCUT2D eigenvalue weighted by Crippen LogP contribution is 2.31. The molecule has 1 aliphatic heterocycles. The molecule has 0 saturated heterocycles. The zero-order chi connectivity index (χ0) is 10.9. The minimum atomic E-state index is 0.354. The smallest absolute Gasteiger partial charge is 0.122 e. The summed E-state index contributed by atoms with van der Waals surface area (Å²) >= 11 is 0. The highest BCUT2D eigenvalue weighted by atomic mass is 16.5. The van der Waals surface area contributed by atoms with Crippen LogP contribution in [-0.2, 0) is 12.8 Å². The van der Waals surface area contributed by atoms with E-state index in [0.717, 1.165) is 25.2 Å². The Morgan fingerprint density at radius 2 is 2.07 bits per heavy atom. The second-order valence-corrected chi connectivity index (χ2v) is 5.58. The predicted octanol–water partition coefficient (Wildman–Crippen LogP) is 3.60.